The van der Waals surface area contributed by atoms with Crippen molar-refractivity contribution < 1.29 is 28.8 Å². The molecule has 0 aromatic heterocycles. The molecular formula is C23H28FNO5. The van der Waals surface area contributed by atoms with Crippen LogP contribution in [0.5, 0.6) is 17.2 Å². The second-order valence-electron chi connectivity index (χ2n) is 8.12. The second-order valence-corrected chi connectivity index (χ2v) is 8.12. The van der Waals surface area contributed by atoms with Crippen molar-refractivity contribution >= 4 is 0 Å². The Balaban J connectivity index is 1.39. The third-order valence-corrected chi connectivity index (χ3v) is 6.21. The van der Waals surface area contributed by atoms with Crippen molar-refractivity contribution in [2.24, 2.45) is 0 Å². The molecule has 0 unspecified atom stereocenters. The first-order chi connectivity index (χ1) is 14.4. The van der Waals surface area contributed by atoms with E-state index in [0.29, 0.717) is 35.8 Å². The van der Waals surface area contributed by atoms with Crippen LogP contribution in [0.25, 0.3) is 0 Å². The first kappa shape index (κ1) is 20.9. The van der Waals surface area contributed by atoms with Gasteiger partial charge in [-0.3, -0.25) is 0 Å². The fourth-order valence-corrected chi connectivity index (χ4v) is 4.47. The van der Waals surface area contributed by atoms with Gasteiger partial charge in [0, 0.05) is 31.6 Å². The maximum atomic E-state index is 13.5. The summed E-state index contributed by atoms with van der Waals surface area (Å²) in [5.41, 5.74) is 0.842. The smallest absolute Gasteiger partial charge is 0.161 e. The Hall–Kier alpha value is -2.35. The number of hydrogen-bond acceptors (Lipinski definition) is 6. The molecule has 1 saturated heterocycles. The number of aliphatic hydroxyl groups excluding tert-OH is 2. The third-order valence-electron chi connectivity index (χ3n) is 6.21. The lowest BCUT2D eigenvalue weighted by Crippen LogP contribution is -2.51. The van der Waals surface area contributed by atoms with Gasteiger partial charge in [0.15, 0.2) is 11.5 Å². The Morgan fingerprint density at radius 3 is 2.57 bits per heavy atom. The van der Waals surface area contributed by atoms with Gasteiger partial charge < -0.3 is 29.3 Å². The number of benzene rings is 2. The van der Waals surface area contributed by atoms with Crippen LogP contribution in [0.15, 0.2) is 36.4 Å². The Labute approximate surface area is 175 Å². The average molecular weight is 417 g/mol. The zero-order chi connectivity index (χ0) is 21.3. The van der Waals surface area contributed by atoms with E-state index < -0.39 is 17.8 Å². The van der Waals surface area contributed by atoms with Crippen molar-refractivity contribution in [3.05, 3.63) is 53.3 Å². The van der Waals surface area contributed by atoms with Gasteiger partial charge in [0.05, 0.1) is 26.4 Å². The Kier molecular flexibility index (Phi) is 5.86. The standard InChI is InChI=1S/C23H28FNO5/c1-28-21-5-3-15(11-22(21)29-2)19(27)14-25-9-7-23(8-10-25)13-18(26)17-12-16(24)4-6-20(17)30-23/h3-6,11-12,18-19,26-27H,7-10,13-14H2,1-2H3/t18-,19-/m1/s1. The number of halogens is 1. The lowest BCUT2D eigenvalue weighted by Gasteiger charge is -2.46. The van der Waals surface area contributed by atoms with E-state index in [1.807, 2.05) is 6.07 Å². The number of fused-ring (bicyclic) bond motifs is 1. The summed E-state index contributed by atoms with van der Waals surface area (Å²) < 4.78 is 30.3. The minimum atomic E-state index is -0.728. The van der Waals surface area contributed by atoms with Crippen LogP contribution in [0, 0.1) is 5.82 Å². The molecule has 2 aliphatic heterocycles. The third kappa shape index (κ3) is 4.10. The lowest BCUT2D eigenvalue weighted by molar-refractivity contribution is -0.0589. The molecule has 2 atom stereocenters. The van der Waals surface area contributed by atoms with Gasteiger partial charge in [0.25, 0.3) is 0 Å². The zero-order valence-electron chi connectivity index (χ0n) is 17.3. The molecule has 2 heterocycles. The van der Waals surface area contributed by atoms with E-state index >= 15 is 0 Å². The summed E-state index contributed by atoms with van der Waals surface area (Å²) in [5.74, 6) is 1.41. The van der Waals surface area contributed by atoms with Crippen LogP contribution in [-0.2, 0) is 0 Å². The maximum absolute atomic E-state index is 13.5. The van der Waals surface area contributed by atoms with E-state index in [1.165, 1.54) is 12.1 Å². The monoisotopic (exact) mass is 417 g/mol. The molecule has 1 fully saturated rings. The molecule has 4 rings (SSSR count). The van der Waals surface area contributed by atoms with Gasteiger partial charge in [-0.2, -0.15) is 0 Å². The van der Waals surface area contributed by atoms with E-state index in [4.69, 9.17) is 14.2 Å². The molecule has 2 aromatic carbocycles. The van der Waals surface area contributed by atoms with Gasteiger partial charge in [-0.25, -0.2) is 4.39 Å². The molecule has 0 bridgehead atoms. The predicted octanol–water partition coefficient (Wildman–Crippen LogP) is 3.23. The number of hydrogen-bond donors (Lipinski definition) is 2. The lowest BCUT2D eigenvalue weighted by atomic mass is 9.81. The molecule has 6 nitrogen and oxygen atoms in total. The quantitative estimate of drug-likeness (QED) is 0.779. The van der Waals surface area contributed by atoms with Crippen molar-refractivity contribution in [2.75, 3.05) is 33.9 Å². The Bertz CT molecular complexity index is 897. The SMILES string of the molecule is COc1ccc([C@H](O)CN2CCC3(CC2)C[C@@H](O)c2cc(F)ccc2O3)cc1OC. The van der Waals surface area contributed by atoms with Crippen molar-refractivity contribution in [3.8, 4) is 17.2 Å². The summed E-state index contributed by atoms with van der Waals surface area (Å²) >= 11 is 0. The number of aliphatic hydroxyl groups is 2. The Morgan fingerprint density at radius 1 is 1.13 bits per heavy atom. The van der Waals surface area contributed by atoms with Crippen molar-refractivity contribution in [3.63, 3.8) is 0 Å². The second kappa shape index (κ2) is 8.41. The number of ether oxygens (including phenoxy) is 3. The van der Waals surface area contributed by atoms with Crippen LogP contribution in [-0.4, -0.2) is 54.6 Å². The van der Waals surface area contributed by atoms with Gasteiger partial charge in [-0.1, -0.05) is 6.07 Å². The van der Waals surface area contributed by atoms with Gasteiger partial charge >= 0.3 is 0 Å². The fourth-order valence-electron chi connectivity index (χ4n) is 4.47. The van der Waals surface area contributed by atoms with Crippen LogP contribution in [0.3, 0.4) is 0 Å². The predicted molar refractivity (Wildman–Crippen MR) is 110 cm³/mol. The number of piperidine rings is 1. The summed E-state index contributed by atoms with van der Waals surface area (Å²) in [5, 5.41) is 21.2. The molecule has 2 aromatic rings. The first-order valence-corrected chi connectivity index (χ1v) is 10.2. The summed E-state index contributed by atoms with van der Waals surface area (Å²) in [4.78, 5) is 2.20. The van der Waals surface area contributed by atoms with E-state index in [-0.39, 0.29) is 5.82 Å². The molecule has 0 radical (unpaired) electrons. The number of methoxy groups -OCH3 is 2. The van der Waals surface area contributed by atoms with Crippen molar-refractivity contribution in [1.82, 2.24) is 4.90 Å². The summed E-state index contributed by atoms with van der Waals surface area (Å²) in [6.07, 6.45) is 0.544. The number of rotatable bonds is 5. The first-order valence-electron chi connectivity index (χ1n) is 10.2. The van der Waals surface area contributed by atoms with Crippen LogP contribution < -0.4 is 14.2 Å². The van der Waals surface area contributed by atoms with Crippen molar-refractivity contribution in [1.29, 1.82) is 0 Å². The van der Waals surface area contributed by atoms with Crippen LogP contribution in [0.4, 0.5) is 4.39 Å². The molecule has 7 heteroatoms. The Morgan fingerprint density at radius 2 is 1.87 bits per heavy atom. The molecule has 1 spiro atoms. The van der Waals surface area contributed by atoms with Gasteiger partial charge in [0.1, 0.15) is 17.2 Å². The van der Waals surface area contributed by atoms with E-state index in [1.54, 1.807) is 32.4 Å². The molecular weight excluding hydrogens is 389 g/mol. The number of nitrogens with zero attached hydrogens (tertiary/aromatic N) is 1. The van der Waals surface area contributed by atoms with Crippen molar-refractivity contribution in [2.45, 2.75) is 37.1 Å². The average Bonchev–Trinajstić information content (AvgIpc) is 2.75. The minimum absolute atomic E-state index is 0.369. The van der Waals surface area contributed by atoms with Gasteiger partial charge in [0.2, 0.25) is 0 Å². The summed E-state index contributed by atoms with van der Waals surface area (Å²) in [6, 6.07) is 9.74. The van der Waals surface area contributed by atoms with E-state index in [2.05, 4.69) is 4.90 Å². The molecule has 162 valence electrons. The van der Waals surface area contributed by atoms with Crippen LogP contribution in [0.1, 0.15) is 42.6 Å². The highest BCUT2D eigenvalue weighted by atomic mass is 19.1. The normalized spacial score (nSPS) is 21.6. The number of likely N-dealkylation sites (tertiary alicyclic amines) is 1. The minimum Gasteiger partial charge on any atom is -0.493 e. The fraction of sp³-hybridized carbons (Fsp3) is 0.478. The van der Waals surface area contributed by atoms with Crippen LogP contribution >= 0.6 is 0 Å². The highest BCUT2D eigenvalue weighted by molar-refractivity contribution is 5.43. The van der Waals surface area contributed by atoms with Gasteiger partial charge in [-0.05, 0) is 48.7 Å². The molecule has 0 aliphatic carbocycles. The van der Waals surface area contributed by atoms with Gasteiger partial charge in [-0.15, -0.1) is 0 Å². The maximum Gasteiger partial charge on any atom is 0.161 e. The zero-order valence-corrected chi connectivity index (χ0v) is 17.3. The molecule has 30 heavy (non-hydrogen) atoms. The summed E-state index contributed by atoms with van der Waals surface area (Å²) in [6.45, 7) is 1.98. The largest absolute Gasteiger partial charge is 0.493 e. The molecule has 2 N–H and O–H groups in total. The molecule has 0 amide bonds. The molecule has 2 aliphatic rings. The highest BCUT2D eigenvalue weighted by Gasteiger charge is 2.43. The number of β-amino-alcohol motifs (C(OH)–C–C–N with tert-alkyl or cyclic N) is 1. The van der Waals surface area contributed by atoms with Crippen LogP contribution in [0.2, 0.25) is 0 Å². The molecule has 0 saturated carbocycles. The highest BCUT2D eigenvalue weighted by Crippen LogP contribution is 2.44. The topological polar surface area (TPSA) is 71.4 Å². The summed E-state index contributed by atoms with van der Waals surface area (Å²) in [7, 11) is 3.15. The van der Waals surface area contributed by atoms with E-state index in [0.717, 1.165) is 31.5 Å². The van der Waals surface area contributed by atoms with E-state index in [9.17, 15) is 14.6 Å².